The molecule has 0 aliphatic carbocycles. The lowest BCUT2D eigenvalue weighted by Crippen LogP contribution is -2.19. The van der Waals surface area contributed by atoms with Crippen LogP contribution in [-0.2, 0) is 16.0 Å². The van der Waals surface area contributed by atoms with Gasteiger partial charge >= 0.3 is 12.1 Å². The summed E-state index contributed by atoms with van der Waals surface area (Å²) < 4.78 is 11.7. The molecular formula is C20H18ClN3O4. The van der Waals surface area contributed by atoms with E-state index in [1.807, 2.05) is 36.4 Å². The number of esters is 1. The largest absolute Gasteiger partial charge is 0.465 e. The molecule has 0 fully saturated rings. The van der Waals surface area contributed by atoms with Crippen molar-refractivity contribution in [1.29, 1.82) is 0 Å². The van der Waals surface area contributed by atoms with Crippen molar-refractivity contribution in [3.63, 3.8) is 0 Å². The van der Waals surface area contributed by atoms with Gasteiger partial charge in [-0.15, -0.1) is 0 Å². The molecule has 3 aromatic rings. The van der Waals surface area contributed by atoms with Crippen molar-refractivity contribution in [2.75, 3.05) is 11.9 Å². The van der Waals surface area contributed by atoms with Gasteiger partial charge in [-0.3, -0.25) is 10.1 Å². The number of amides is 1. The normalized spacial score (nSPS) is 10.4. The lowest BCUT2D eigenvalue weighted by atomic mass is 10.3. The number of benzene rings is 2. The van der Waals surface area contributed by atoms with Crippen LogP contribution in [0.4, 0.5) is 10.6 Å². The molecule has 0 saturated heterocycles. The van der Waals surface area contributed by atoms with E-state index in [4.69, 9.17) is 21.1 Å². The molecule has 2 aromatic carbocycles. The smallest absolute Gasteiger partial charge is 0.418 e. The first-order chi connectivity index (χ1) is 13.5. The van der Waals surface area contributed by atoms with Crippen molar-refractivity contribution in [3.8, 4) is 11.4 Å². The molecule has 1 N–H and O–H groups in total. The van der Waals surface area contributed by atoms with Gasteiger partial charge in [-0.25, -0.2) is 9.48 Å². The predicted molar refractivity (Wildman–Crippen MR) is 105 cm³/mol. The summed E-state index contributed by atoms with van der Waals surface area (Å²) in [5.41, 5.74) is 1.19. The minimum absolute atomic E-state index is 0.134. The third kappa shape index (κ3) is 4.89. The number of para-hydroxylation sites is 2. The Morgan fingerprint density at radius 3 is 2.36 bits per heavy atom. The van der Waals surface area contributed by atoms with Crippen molar-refractivity contribution in [1.82, 2.24) is 9.78 Å². The highest BCUT2D eigenvalue weighted by molar-refractivity contribution is 6.34. The van der Waals surface area contributed by atoms with Crippen LogP contribution in [0.5, 0.6) is 5.75 Å². The Morgan fingerprint density at radius 1 is 1.07 bits per heavy atom. The molecule has 28 heavy (non-hydrogen) atoms. The second-order valence-electron chi connectivity index (χ2n) is 5.77. The Bertz CT molecular complexity index is 958. The Morgan fingerprint density at radius 2 is 1.71 bits per heavy atom. The van der Waals surface area contributed by atoms with Gasteiger partial charge in [0.25, 0.3) is 0 Å². The maximum Gasteiger partial charge on any atom is 0.418 e. The first kappa shape index (κ1) is 19.4. The zero-order valence-corrected chi connectivity index (χ0v) is 15.8. The fourth-order valence-corrected chi connectivity index (χ4v) is 2.74. The highest BCUT2D eigenvalue weighted by atomic mass is 35.5. The number of aromatic nitrogens is 2. The van der Waals surface area contributed by atoms with Gasteiger partial charge in [-0.05, 0) is 24.3 Å². The zero-order valence-electron chi connectivity index (χ0n) is 15.1. The average molecular weight is 400 g/mol. The highest BCUT2D eigenvalue weighted by Gasteiger charge is 2.20. The molecule has 3 rings (SSSR count). The Kier molecular flexibility index (Phi) is 6.29. The Balaban J connectivity index is 1.85. The number of nitrogens with one attached hydrogen (secondary N) is 1. The third-order valence-electron chi connectivity index (χ3n) is 3.71. The molecule has 0 unspecified atom stereocenters. The van der Waals surface area contributed by atoms with Crippen molar-refractivity contribution in [3.05, 3.63) is 71.4 Å². The molecule has 0 spiro atoms. The van der Waals surface area contributed by atoms with Crippen LogP contribution >= 0.6 is 11.6 Å². The van der Waals surface area contributed by atoms with Gasteiger partial charge in [0.1, 0.15) is 10.8 Å². The van der Waals surface area contributed by atoms with Crippen LogP contribution in [0.25, 0.3) is 5.69 Å². The van der Waals surface area contributed by atoms with E-state index in [1.54, 1.807) is 24.3 Å². The van der Waals surface area contributed by atoms with Crippen LogP contribution in [0.2, 0.25) is 5.02 Å². The summed E-state index contributed by atoms with van der Waals surface area (Å²) in [7, 11) is 0. The van der Waals surface area contributed by atoms with Crippen molar-refractivity contribution in [2.45, 2.75) is 13.3 Å². The molecule has 0 saturated carbocycles. The van der Waals surface area contributed by atoms with Crippen LogP contribution in [0, 0.1) is 0 Å². The van der Waals surface area contributed by atoms with Crippen LogP contribution in [-0.4, -0.2) is 28.4 Å². The van der Waals surface area contributed by atoms with Gasteiger partial charge < -0.3 is 9.47 Å². The number of hydrogen-bond donors (Lipinski definition) is 1. The summed E-state index contributed by atoms with van der Waals surface area (Å²) in [5.74, 6) is 0.284. The molecule has 144 valence electrons. The van der Waals surface area contributed by atoms with E-state index in [0.717, 1.165) is 0 Å². The standard InChI is InChI=1S/C20H18ClN3O4/c1-14(25)27-13-12-17-18(21)19(24(23-17)15-8-4-2-5-9-15)22-20(26)28-16-10-6-3-7-11-16/h2-11H,12-13H2,1H3,(H,22,26). The van der Waals surface area contributed by atoms with E-state index >= 15 is 0 Å². The molecule has 1 aromatic heterocycles. The summed E-state index contributed by atoms with van der Waals surface area (Å²) in [5, 5.41) is 7.36. The fourth-order valence-electron chi connectivity index (χ4n) is 2.48. The first-order valence-corrected chi connectivity index (χ1v) is 8.92. The molecule has 0 aliphatic rings. The lowest BCUT2D eigenvalue weighted by molar-refractivity contribution is -0.140. The van der Waals surface area contributed by atoms with Gasteiger partial charge in [0.2, 0.25) is 0 Å². The maximum atomic E-state index is 12.3. The average Bonchev–Trinajstić information content (AvgIpc) is 2.99. The molecular weight excluding hydrogens is 382 g/mol. The zero-order chi connectivity index (χ0) is 19.9. The summed E-state index contributed by atoms with van der Waals surface area (Å²) in [6.45, 7) is 1.46. The van der Waals surface area contributed by atoms with Crippen LogP contribution in [0.3, 0.4) is 0 Å². The minimum atomic E-state index is -0.697. The van der Waals surface area contributed by atoms with E-state index in [1.165, 1.54) is 11.6 Å². The van der Waals surface area contributed by atoms with E-state index in [0.29, 0.717) is 23.6 Å². The van der Waals surface area contributed by atoms with Crippen LogP contribution in [0.1, 0.15) is 12.6 Å². The number of anilines is 1. The molecule has 0 atom stereocenters. The van der Waals surface area contributed by atoms with Crippen molar-refractivity contribution >= 4 is 29.5 Å². The number of ether oxygens (including phenoxy) is 2. The predicted octanol–water partition coefficient (Wildman–Crippen LogP) is 4.24. The Hall–Kier alpha value is -3.32. The Labute approximate surface area is 166 Å². The van der Waals surface area contributed by atoms with E-state index in [-0.39, 0.29) is 23.4 Å². The quantitative estimate of drug-likeness (QED) is 0.627. The molecule has 0 radical (unpaired) electrons. The van der Waals surface area contributed by atoms with Crippen LogP contribution < -0.4 is 10.1 Å². The third-order valence-corrected chi connectivity index (χ3v) is 4.11. The second-order valence-corrected chi connectivity index (χ2v) is 6.15. The second kappa shape index (κ2) is 9.05. The number of carbonyl (C=O) groups excluding carboxylic acids is 2. The molecule has 8 heteroatoms. The van der Waals surface area contributed by atoms with Crippen LogP contribution in [0.15, 0.2) is 60.7 Å². The van der Waals surface area contributed by atoms with Crippen molar-refractivity contribution in [2.24, 2.45) is 0 Å². The van der Waals surface area contributed by atoms with Crippen molar-refractivity contribution < 1.29 is 19.1 Å². The summed E-state index contributed by atoms with van der Waals surface area (Å²) in [6, 6.07) is 17.9. The van der Waals surface area contributed by atoms with E-state index in [2.05, 4.69) is 10.4 Å². The number of carbonyl (C=O) groups is 2. The van der Waals surface area contributed by atoms with E-state index in [9.17, 15) is 9.59 Å². The summed E-state index contributed by atoms with van der Waals surface area (Å²) >= 11 is 6.45. The monoisotopic (exact) mass is 399 g/mol. The number of nitrogens with zero attached hydrogens (tertiary/aromatic N) is 2. The number of rotatable bonds is 6. The molecule has 1 heterocycles. The lowest BCUT2D eigenvalue weighted by Gasteiger charge is -2.09. The molecule has 0 aliphatic heterocycles. The van der Waals surface area contributed by atoms with Gasteiger partial charge in [-0.2, -0.15) is 5.10 Å². The number of halogens is 1. The first-order valence-electron chi connectivity index (χ1n) is 8.54. The molecule has 7 nitrogen and oxygen atoms in total. The topological polar surface area (TPSA) is 82.5 Å². The van der Waals surface area contributed by atoms with E-state index < -0.39 is 6.09 Å². The maximum absolute atomic E-state index is 12.3. The minimum Gasteiger partial charge on any atom is -0.465 e. The highest BCUT2D eigenvalue weighted by Crippen LogP contribution is 2.29. The molecule has 1 amide bonds. The summed E-state index contributed by atoms with van der Waals surface area (Å²) in [4.78, 5) is 23.3. The SMILES string of the molecule is CC(=O)OCCc1nn(-c2ccccc2)c(NC(=O)Oc2ccccc2)c1Cl. The van der Waals surface area contributed by atoms with Gasteiger partial charge in [-0.1, -0.05) is 48.0 Å². The summed E-state index contributed by atoms with van der Waals surface area (Å²) in [6.07, 6.45) is -0.391. The number of hydrogen-bond acceptors (Lipinski definition) is 5. The fraction of sp³-hybridized carbons (Fsp3) is 0.150. The van der Waals surface area contributed by atoms with Gasteiger partial charge in [0.15, 0.2) is 5.82 Å². The van der Waals surface area contributed by atoms with Gasteiger partial charge in [0, 0.05) is 13.3 Å². The molecule has 0 bridgehead atoms. The van der Waals surface area contributed by atoms with Gasteiger partial charge in [0.05, 0.1) is 18.0 Å².